The van der Waals surface area contributed by atoms with Crippen molar-refractivity contribution in [3.8, 4) is 50.7 Å². The van der Waals surface area contributed by atoms with Gasteiger partial charge in [0.15, 0.2) is 22.0 Å². The smallest absolute Gasteiger partial charge is 0.179 e. The molecule has 0 saturated heterocycles. The van der Waals surface area contributed by atoms with Gasteiger partial charge in [-0.05, 0) is 75.9 Å². The van der Waals surface area contributed by atoms with Gasteiger partial charge in [-0.15, -0.1) is 0 Å². The van der Waals surface area contributed by atoms with E-state index in [1.54, 1.807) is 0 Å². The van der Waals surface area contributed by atoms with Crippen LogP contribution >= 0.6 is 0 Å². The molecule has 2 aromatic heterocycles. The van der Waals surface area contributed by atoms with Gasteiger partial charge in [-0.2, -0.15) is 0 Å². The Kier molecular flexibility index (Phi) is 13.0. The lowest BCUT2D eigenvalue weighted by Crippen LogP contribution is -2.78. The van der Waals surface area contributed by atoms with Crippen molar-refractivity contribution in [3.63, 3.8) is 0 Å². The Labute approximate surface area is 475 Å². The standard InChI is InChI=1S/C76H55N3Si2/c1-8-26-56(27-9-1)58-44-48-66(49-45-58)80(62-32-14-4-15-33-62,63-34-16-5-17-35-63)68-52-61(76-77-72(60-30-12-3-13-31-60)55-75(78-76)79-73-42-24-22-40-70(73)71-41-23-25-43-74(71)79)53-69(54-68)81(64-36-18-6-19-37-64,65-38-20-7-21-39-65)67-50-46-59(47-51-67)57-28-10-2-11-29-57/h1-55H. The van der Waals surface area contributed by atoms with E-state index in [-0.39, 0.29) is 0 Å². The molecule has 0 radical (unpaired) electrons. The first-order valence-electron chi connectivity index (χ1n) is 27.8. The van der Waals surface area contributed by atoms with Crippen LogP contribution in [0.5, 0.6) is 0 Å². The highest BCUT2D eigenvalue weighted by Crippen LogP contribution is 2.34. The molecule has 81 heavy (non-hydrogen) atoms. The van der Waals surface area contributed by atoms with Crippen LogP contribution in [0.15, 0.2) is 334 Å². The van der Waals surface area contributed by atoms with Crippen LogP contribution in [-0.2, 0) is 0 Å². The summed E-state index contributed by atoms with van der Waals surface area (Å²) in [6.45, 7) is 0. The molecule has 14 aromatic rings. The van der Waals surface area contributed by atoms with Crippen molar-refractivity contribution in [1.29, 1.82) is 0 Å². The molecule has 382 valence electrons. The number of nitrogens with zero attached hydrogens (tertiary/aromatic N) is 3. The van der Waals surface area contributed by atoms with Crippen LogP contribution in [0.4, 0.5) is 0 Å². The van der Waals surface area contributed by atoms with Gasteiger partial charge in [0.1, 0.15) is 5.82 Å². The van der Waals surface area contributed by atoms with Crippen molar-refractivity contribution in [2.75, 3.05) is 0 Å². The Bertz CT molecular complexity index is 4140. The van der Waals surface area contributed by atoms with Gasteiger partial charge in [-0.3, -0.25) is 4.57 Å². The minimum Gasteiger partial charge on any atom is -0.294 e. The van der Waals surface area contributed by atoms with E-state index in [4.69, 9.17) is 9.97 Å². The van der Waals surface area contributed by atoms with Gasteiger partial charge in [0.05, 0.1) is 16.7 Å². The number of para-hydroxylation sites is 2. The third-order valence-corrected chi connectivity index (χ3v) is 25.8. The molecule has 0 N–H and O–H groups in total. The van der Waals surface area contributed by atoms with E-state index in [2.05, 4.69) is 338 Å². The molecule has 0 bridgehead atoms. The van der Waals surface area contributed by atoms with Crippen LogP contribution in [0.25, 0.3) is 72.5 Å². The number of hydrogen-bond acceptors (Lipinski definition) is 2. The minimum absolute atomic E-state index is 0.656. The van der Waals surface area contributed by atoms with Gasteiger partial charge < -0.3 is 0 Å². The van der Waals surface area contributed by atoms with Crippen molar-refractivity contribution in [2.45, 2.75) is 0 Å². The molecule has 0 amide bonds. The lowest BCUT2D eigenvalue weighted by molar-refractivity contribution is 1.05. The van der Waals surface area contributed by atoms with Crippen LogP contribution in [0, 0.1) is 0 Å². The zero-order valence-electron chi connectivity index (χ0n) is 44.6. The van der Waals surface area contributed by atoms with Crippen molar-refractivity contribution in [2.24, 2.45) is 0 Å². The average Bonchev–Trinajstić information content (AvgIpc) is 3.91. The summed E-state index contributed by atoms with van der Waals surface area (Å²) in [4.78, 5) is 11.6. The van der Waals surface area contributed by atoms with Gasteiger partial charge in [0.2, 0.25) is 0 Å². The summed E-state index contributed by atoms with van der Waals surface area (Å²) in [6, 6.07) is 123. The second kappa shape index (κ2) is 21.3. The van der Waals surface area contributed by atoms with Crippen LogP contribution in [0.3, 0.4) is 0 Å². The third kappa shape index (κ3) is 8.77. The molecular formula is C76H55N3Si2. The van der Waals surface area contributed by atoms with E-state index in [1.165, 1.54) is 74.5 Å². The summed E-state index contributed by atoms with van der Waals surface area (Å²) >= 11 is 0. The second-order valence-corrected chi connectivity index (χ2v) is 28.4. The predicted molar refractivity (Wildman–Crippen MR) is 345 cm³/mol. The van der Waals surface area contributed by atoms with Gasteiger partial charge in [0.25, 0.3) is 0 Å². The first kappa shape index (κ1) is 49.3. The molecule has 0 fully saturated rings. The molecule has 3 nitrogen and oxygen atoms in total. The summed E-state index contributed by atoms with van der Waals surface area (Å²) in [6.07, 6.45) is 0. The number of aromatic nitrogens is 3. The SMILES string of the molecule is c1ccc(-c2ccc([Si](c3ccccc3)(c3ccccc3)c3cc(-c4nc(-c5ccccc5)cc(-n5c6ccccc6c6ccccc65)n4)cc([Si](c4ccccc4)(c4ccccc4)c4ccc(-c5ccccc5)cc4)c3)cc2)cc1. The van der Waals surface area contributed by atoms with Gasteiger partial charge >= 0.3 is 0 Å². The third-order valence-electron chi connectivity index (χ3n) is 16.3. The fourth-order valence-corrected chi connectivity index (χ4v) is 22.4. The summed E-state index contributed by atoms with van der Waals surface area (Å²) in [5.74, 6) is 1.46. The molecule has 12 aromatic carbocycles. The molecule has 0 aliphatic carbocycles. The topological polar surface area (TPSA) is 30.7 Å². The van der Waals surface area contributed by atoms with Crippen molar-refractivity contribution in [3.05, 3.63) is 334 Å². The van der Waals surface area contributed by atoms with Crippen LogP contribution in [0.2, 0.25) is 0 Å². The fraction of sp³-hybridized carbons (Fsp3) is 0. The highest BCUT2D eigenvalue weighted by atomic mass is 28.3. The lowest BCUT2D eigenvalue weighted by Gasteiger charge is -2.38. The number of benzene rings is 12. The molecule has 0 aliphatic heterocycles. The zero-order chi connectivity index (χ0) is 54.0. The maximum absolute atomic E-state index is 5.83. The van der Waals surface area contributed by atoms with Crippen LogP contribution in [-0.4, -0.2) is 30.7 Å². The lowest BCUT2D eigenvalue weighted by atomic mass is 10.1. The molecule has 14 rings (SSSR count). The maximum Gasteiger partial charge on any atom is 0.179 e. The highest BCUT2D eigenvalue weighted by Gasteiger charge is 2.46. The number of fused-ring (bicyclic) bond motifs is 3. The highest BCUT2D eigenvalue weighted by molar-refractivity contribution is 7.22. The molecule has 0 aliphatic rings. The summed E-state index contributed by atoms with van der Waals surface area (Å²) < 4.78 is 2.33. The molecule has 2 heterocycles. The molecule has 0 spiro atoms. The number of hydrogen-bond donors (Lipinski definition) is 0. The Hall–Kier alpha value is -10.0. The zero-order valence-corrected chi connectivity index (χ0v) is 46.6. The average molecular weight is 1070 g/mol. The molecule has 0 unspecified atom stereocenters. The minimum atomic E-state index is -3.31. The first-order valence-corrected chi connectivity index (χ1v) is 31.8. The Balaban J connectivity index is 1.14. The molecule has 0 saturated carbocycles. The molecule has 0 atom stereocenters. The largest absolute Gasteiger partial charge is 0.294 e. The van der Waals surface area contributed by atoms with E-state index in [9.17, 15) is 0 Å². The fourth-order valence-electron chi connectivity index (χ4n) is 12.6. The number of rotatable bonds is 13. The van der Waals surface area contributed by atoms with E-state index < -0.39 is 16.1 Å². The van der Waals surface area contributed by atoms with Crippen LogP contribution in [0.1, 0.15) is 0 Å². The van der Waals surface area contributed by atoms with Crippen LogP contribution < -0.4 is 41.5 Å². The van der Waals surface area contributed by atoms with Gasteiger partial charge in [0, 0.05) is 28.0 Å². The van der Waals surface area contributed by atoms with E-state index in [1.807, 2.05) is 0 Å². The predicted octanol–water partition coefficient (Wildman–Crippen LogP) is 13.0. The Morgan fingerprint density at radius 2 is 0.531 bits per heavy atom. The summed E-state index contributed by atoms with van der Waals surface area (Å²) in [5.41, 5.74) is 9.75. The summed E-state index contributed by atoms with van der Waals surface area (Å²) in [7, 11) is -6.62. The van der Waals surface area contributed by atoms with Crippen molar-refractivity contribution < 1.29 is 0 Å². The van der Waals surface area contributed by atoms with E-state index in [0.29, 0.717) is 5.82 Å². The Morgan fingerprint density at radius 1 is 0.222 bits per heavy atom. The molecule has 5 heteroatoms. The van der Waals surface area contributed by atoms with Crippen molar-refractivity contribution >= 4 is 79.4 Å². The van der Waals surface area contributed by atoms with Gasteiger partial charge in [-0.1, -0.05) is 315 Å². The van der Waals surface area contributed by atoms with Gasteiger partial charge in [-0.25, -0.2) is 9.97 Å². The van der Waals surface area contributed by atoms with E-state index >= 15 is 0 Å². The second-order valence-electron chi connectivity index (χ2n) is 20.8. The molecular weight excluding hydrogens is 1010 g/mol. The first-order chi connectivity index (χ1) is 40.2. The van der Waals surface area contributed by atoms with Crippen molar-refractivity contribution in [1.82, 2.24) is 14.5 Å². The Morgan fingerprint density at radius 3 is 0.914 bits per heavy atom. The van der Waals surface area contributed by atoms with E-state index in [0.717, 1.165) is 33.7 Å². The normalized spacial score (nSPS) is 11.7. The quantitative estimate of drug-likeness (QED) is 0.0851. The summed E-state index contributed by atoms with van der Waals surface area (Å²) in [5, 5.41) is 12.6. The monoisotopic (exact) mass is 1070 g/mol. The maximum atomic E-state index is 5.83.